The zero-order valence-electron chi connectivity index (χ0n) is 18.9. The third kappa shape index (κ3) is 4.38. The van der Waals surface area contributed by atoms with Crippen LogP contribution in [-0.2, 0) is 11.8 Å². The molecule has 0 radical (unpaired) electrons. The Kier molecular flexibility index (Phi) is 8.63. The first-order valence-corrected chi connectivity index (χ1v) is 11.1. The SMILES string of the molecule is CC(C)(CO)N1CC[C@]23CCCC[C@H]2[C@H]1Cc1ccc(Oc2ccccn2)cc13.Cl.Cl.O. The molecule has 2 aliphatic carbocycles. The standard InChI is InChI=1S/C25H32N2O2.2ClH.H2O/c1-24(2,17-28)27-14-12-25-11-5-3-7-20(25)22(27)15-18-9-10-19(16-21(18)25)29-23-8-4-6-13-26-23;;;/h4,6,8-10,13,16,20,22,28H,3,5,7,11-12,14-15,17H2,1-2H3;2*1H;1H2/t20-,22+,25+;;;/m0.../s1. The fourth-order valence-corrected chi connectivity index (χ4v) is 6.42. The maximum atomic E-state index is 10.0. The molecule has 3 atom stereocenters. The number of fused-ring (bicyclic) bond motifs is 1. The number of ether oxygens (including phenoxy) is 1. The molecule has 1 aromatic heterocycles. The van der Waals surface area contributed by atoms with Crippen LogP contribution in [0.5, 0.6) is 11.6 Å². The van der Waals surface area contributed by atoms with Gasteiger partial charge in [0.2, 0.25) is 5.88 Å². The van der Waals surface area contributed by atoms with Gasteiger partial charge in [-0.2, -0.15) is 0 Å². The average Bonchev–Trinajstić information content (AvgIpc) is 2.75. The van der Waals surface area contributed by atoms with Crippen LogP contribution in [0.2, 0.25) is 0 Å². The summed E-state index contributed by atoms with van der Waals surface area (Å²) in [4.78, 5) is 6.94. The van der Waals surface area contributed by atoms with Gasteiger partial charge < -0.3 is 15.3 Å². The first-order valence-electron chi connectivity index (χ1n) is 11.1. The number of aliphatic hydroxyl groups is 1. The van der Waals surface area contributed by atoms with Crippen molar-refractivity contribution in [2.45, 2.75) is 69.4 Å². The summed E-state index contributed by atoms with van der Waals surface area (Å²) in [5.41, 5.74) is 3.10. The zero-order chi connectivity index (χ0) is 20.1. The van der Waals surface area contributed by atoms with Crippen LogP contribution in [-0.4, -0.2) is 45.2 Å². The fourth-order valence-electron chi connectivity index (χ4n) is 6.42. The molecule has 0 unspecified atom stereocenters. The van der Waals surface area contributed by atoms with Gasteiger partial charge in [0.05, 0.1) is 6.61 Å². The molecule has 3 N–H and O–H groups in total. The Balaban J connectivity index is 0.00000121. The maximum Gasteiger partial charge on any atom is 0.219 e. The second kappa shape index (κ2) is 10.3. The first kappa shape index (κ1) is 26.9. The van der Waals surface area contributed by atoms with Crippen LogP contribution in [0.25, 0.3) is 0 Å². The molecule has 1 saturated heterocycles. The lowest BCUT2D eigenvalue weighted by atomic mass is 9.52. The van der Waals surface area contributed by atoms with Crippen molar-refractivity contribution >= 4 is 24.8 Å². The highest BCUT2D eigenvalue weighted by Crippen LogP contribution is 2.57. The van der Waals surface area contributed by atoms with Crippen molar-refractivity contribution in [3.8, 4) is 11.6 Å². The van der Waals surface area contributed by atoms with E-state index in [2.05, 4.69) is 41.9 Å². The van der Waals surface area contributed by atoms with E-state index in [4.69, 9.17) is 4.74 Å². The van der Waals surface area contributed by atoms with Crippen LogP contribution >= 0.6 is 24.8 Å². The Bertz CT molecular complexity index is 896. The van der Waals surface area contributed by atoms with Crippen LogP contribution in [0.15, 0.2) is 42.6 Å². The molecule has 0 spiro atoms. The summed E-state index contributed by atoms with van der Waals surface area (Å²) >= 11 is 0. The molecule has 2 bridgehead atoms. The van der Waals surface area contributed by atoms with E-state index in [-0.39, 0.29) is 47.9 Å². The number of aliphatic hydroxyl groups excluding tert-OH is 1. The number of nitrogens with zero attached hydrogens (tertiary/aromatic N) is 2. The highest BCUT2D eigenvalue weighted by Gasteiger charge is 2.55. The number of piperidine rings is 1. The molecular formula is C25H36Cl2N2O3. The molecule has 2 aromatic rings. The number of likely N-dealkylation sites (tertiary alicyclic amines) is 1. The van der Waals surface area contributed by atoms with Gasteiger partial charge in [-0.25, -0.2) is 4.98 Å². The summed E-state index contributed by atoms with van der Waals surface area (Å²) in [6, 6.07) is 13.0. The lowest BCUT2D eigenvalue weighted by Crippen LogP contribution is -2.66. The maximum absolute atomic E-state index is 10.0. The Morgan fingerprint density at radius 2 is 1.97 bits per heavy atom. The number of rotatable bonds is 4. The molecule has 2 heterocycles. The van der Waals surface area contributed by atoms with Crippen LogP contribution in [0.1, 0.15) is 57.1 Å². The van der Waals surface area contributed by atoms with Gasteiger partial charge in [-0.3, -0.25) is 4.90 Å². The van der Waals surface area contributed by atoms with Gasteiger partial charge in [0, 0.05) is 29.3 Å². The Morgan fingerprint density at radius 3 is 2.69 bits per heavy atom. The van der Waals surface area contributed by atoms with Crippen LogP contribution in [0.4, 0.5) is 0 Å². The van der Waals surface area contributed by atoms with Crippen LogP contribution in [0.3, 0.4) is 0 Å². The topological polar surface area (TPSA) is 77.1 Å². The van der Waals surface area contributed by atoms with E-state index in [9.17, 15) is 5.11 Å². The monoisotopic (exact) mass is 482 g/mol. The molecule has 1 aromatic carbocycles. The van der Waals surface area contributed by atoms with Crippen molar-refractivity contribution in [3.05, 3.63) is 53.7 Å². The predicted octanol–water partition coefficient (Wildman–Crippen LogP) is 4.72. The summed E-state index contributed by atoms with van der Waals surface area (Å²) in [7, 11) is 0. The van der Waals surface area contributed by atoms with Crippen molar-refractivity contribution in [3.63, 3.8) is 0 Å². The summed E-state index contributed by atoms with van der Waals surface area (Å²) in [5, 5.41) is 10.0. The lowest BCUT2D eigenvalue weighted by Gasteiger charge is -2.61. The Hall–Kier alpha value is -1.37. The van der Waals surface area contributed by atoms with E-state index in [1.54, 1.807) is 6.20 Å². The molecule has 178 valence electrons. The van der Waals surface area contributed by atoms with Crippen molar-refractivity contribution < 1.29 is 15.3 Å². The summed E-state index contributed by atoms with van der Waals surface area (Å²) < 4.78 is 6.10. The van der Waals surface area contributed by atoms with E-state index in [1.165, 1.54) is 43.2 Å². The Labute approximate surface area is 203 Å². The van der Waals surface area contributed by atoms with Crippen molar-refractivity contribution in [1.29, 1.82) is 0 Å². The molecule has 2 fully saturated rings. The average molecular weight is 483 g/mol. The molecule has 5 rings (SSSR count). The Morgan fingerprint density at radius 1 is 1.16 bits per heavy atom. The van der Waals surface area contributed by atoms with Gasteiger partial charge in [-0.15, -0.1) is 24.8 Å². The normalized spacial score (nSPS) is 26.3. The van der Waals surface area contributed by atoms with Gasteiger partial charge in [0.1, 0.15) is 5.75 Å². The molecule has 3 aliphatic rings. The molecular weight excluding hydrogens is 447 g/mol. The summed E-state index contributed by atoms with van der Waals surface area (Å²) in [6.07, 6.45) is 9.25. The van der Waals surface area contributed by atoms with Crippen molar-refractivity contribution in [1.82, 2.24) is 9.88 Å². The minimum Gasteiger partial charge on any atom is -0.439 e. The second-order valence-electron chi connectivity index (χ2n) is 9.78. The quantitative estimate of drug-likeness (QED) is 0.683. The number of halogens is 2. The van der Waals surface area contributed by atoms with E-state index < -0.39 is 0 Å². The smallest absolute Gasteiger partial charge is 0.219 e. The third-order valence-corrected chi connectivity index (χ3v) is 7.83. The number of pyridine rings is 1. The summed E-state index contributed by atoms with van der Waals surface area (Å²) in [6.45, 7) is 5.68. The minimum atomic E-state index is -0.159. The second-order valence-corrected chi connectivity index (χ2v) is 9.78. The minimum absolute atomic E-state index is 0. The molecule has 1 saturated carbocycles. The van der Waals surface area contributed by atoms with E-state index in [0.29, 0.717) is 17.8 Å². The number of aromatic nitrogens is 1. The van der Waals surface area contributed by atoms with Gasteiger partial charge >= 0.3 is 0 Å². The third-order valence-electron chi connectivity index (χ3n) is 7.83. The van der Waals surface area contributed by atoms with Gasteiger partial charge in [0.15, 0.2) is 0 Å². The van der Waals surface area contributed by atoms with Crippen molar-refractivity contribution in [2.24, 2.45) is 5.92 Å². The number of hydrogen-bond acceptors (Lipinski definition) is 4. The highest BCUT2D eigenvalue weighted by atomic mass is 35.5. The molecule has 32 heavy (non-hydrogen) atoms. The van der Waals surface area contributed by atoms with E-state index in [0.717, 1.165) is 18.7 Å². The predicted molar refractivity (Wildman–Crippen MR) is 132 cm³/mol. The first-order chi connectivity index (χ1) is 14.0. The van der Waals surface area contributed by atoms with Gasteiger partial charge in [-0.1, -0.05) is 25.0 Å². The molecule has 5 nitrogen and oxygen atoms in total. The number of hydrogen-bond donors (Lipinski definition) is 1. The van der Waals surface area contributed by atoms with Crippen LogP contribution in [0, 0.1) is 5.92 Å². The molecule has 1 aliphatic heterocycles. The fraction of sp³-hybridized carbons (Fsp3) is 0.560. The van der Waals surface area contributed by atoms with Gasteiger partial charge in [0.25, 0.3) is 0 Å². The van der Waals surface area contributed by atoms with Gasteiger partial charge in [-0.05, 0) is 81.3 Å². The summed E-state index contributed by atoms with van der Waals surface area (Å²) in [5.74, 6) is 2.23. The van der Waals surface area contributed by atoms with E-state index in [1.807, 2.05) is 18.2 Å². The lowest BCUT2D eigenvalue weighted by molar-refractivity contribution is -0.0745. The number of benzene rings is 1. The van der Waals surface area contributed by atoms with Crippen molar-refractivity contribution in [2.75, 3.05) is 13.2 Å². The molecule has 0 amide bonds. The highest BCUT2D eigenvalue weighted by molar-refractivity contribution is 5.85. The molecule has 7 heteroatoms. The van der Waals surface area contributed by atoms with Crippen LogP contribution < -0.4 is 4.74 Å². The van der Waals surface area contributed by atoms with E-state index >= 15 is 0 Å². The zero-order valence-corrected chi connectivity index (χ0v) is 20.6. The largest absolute Gasteiger partial charge is 0.439 e.